The van der Waals surface area contributed by atoms with Crippen LogP contribution in [0.25, 0.3) is 0 Å². The first kappa shape index (κ1) is 7.81. The predicted molar refractivity (Wildman–Crippen MR) is 45.0 cm³/mol. The molecular formula is C7H6N2OS. The molecule has 0 spiro atoms. The van der Waals surface area contributed by atoms with Crippen LogP contribution >= 0.6 is 0 Å². The second-order valence-electron chi connectivity index (χ2n) is 1.98. The van der Waals surface area contributed by atoms with Gasteiger partial charge in [-0.15, -0.1) is 4.36 Å². The number of carbonyl (C=O) groups excluding carboxylic acids is 1. The first-order chi connectivity index (χ1) is 5.25. The number of nitrogen functional groups attached to an aromatic ring is 1. The van der Waals surface area contributed by atoms with Crippen molar-refractivity contribution in [3.63, 3.8) is 0 Å². The van der Waals surface area contributed by atoms with Crippen LogP contribution in [-0.4, -0.2) is 5.91 Å². The van der Waals surface area contributed by atoms with Gasteiger partial charge in [-0.05, 0) is 12.1 Å². The quantitative estimate of drug-likeness (QED) is 0.636. The number of para-hydroxylation sites is 1. The van der Waals surface area contributed by atoms with Crippen LogP contribution in [0.4, 0.5) is 5.69 Å². The zero-order chi connectivity index (χ0) is 8.27. The normalized spacial score (nSPS) is 9.09. The molecule has 0 aliphatic carbocycles. The number of benzene rings is 1. The lowest BCUT2D eigenvalue weighted by Crippen LogP contribution is -1.99. The highest BCUT2D eigenvalue weighted by Crippen LogP contribution is 2.10. The molecular weight excluding hydrogens is 160 g/mol. The van der Waals surface area contributed by atoms with Crippen LogP contribution < -0.4 is 5.73 Å². The van der Waals surface area contributed by atoms with Gasteiger partial charge in [0.25, 0.3) is 5.91 Å². The van der Waals surface area contributed by atoms with Crippen molar-refractivity contribution in [1.82, 2.24) is 0 Å². The molecule has 0 atom stereocenters. The molecule has 4 heteroatoms. The summed E-state index contributed by atoms with van der Waals surface area (Å²) in [5, 5.41) is 0. The number of rotatable bonds is 1. The number of hydrogen-bond donors (Lipinski definition) is 1. The second-order valence-corrected chi connectivity index (χ2v) is 2.17. The molecule has 0 aliphatic heterocycles. The van der Waals surface area contributed by atoms with Gasteiger partial charge in [0.15, 0.2) is 0 Å². The molecule has 0 radical (unpaired) electrons. The maximum atomic E-state index is 10.9. The molecule has 0 aliphatic rings. The minimum absolute atomic E-state index is 0.363. The van der Waals surface area contributed by atoms with E-state index in [1.807, 2.05) is 0 Å². The van der Waals surface area contributed by atoms with Crippen LogP contribution in [0.1, 0.15) is 10.4 Å². The van der Waals surface area contributed by atoms with E-state index in [1.165, 1.54) is 0 Å². The largest absolute Gasteiger partial charge is 0.398 e. The van der Waals surface area contributed by atoms with E-state index in [9.17, 15) is 4.79 Å². The third-order valence-electron chi connectivity index (χ3n) is 1.27. The Kier molecular flexibility index (Phi) is 2.28. The Balaban J connectivity index is 3.13. The van der Waals surface area contributed by atoms with Crippen LogP contribution in [-0.2, 0) is 12.4 Å². The molecule has 1 amide bonds. The molecule has 0 fully saturated rings. The van der Waals surface area contributed by atoms with E-state index in [0.717, 1.165) is 0 Å². The summed E-state index contributed by atoms with van der Waals surface area (Å²) >= 11 is 4.24. The Labute approximate surface area is 69.4 Å². The van der Waals surface area contributed by atoms with Crippen molar-refractivity contribution in [2.45, 2.75) is 0 Å². The Morgan fingerprint density at radius 2 is 2.09 bits per heavy atom. The minimum atomic E-state index is -0.460. The van der Waals surface area contributed by atoms with Gasteiger partial charge in [0.1, 0.15) is 0 Å². The lowest BCUT2D eigenvalue weighted by molar-refractivity contribution is 0.101. The molecule has 0 bridgehead atoms. The first-order valence-electron chi connectivity index (χ1n) is 2.98. The summed E-state index contributed by atoms with van der Waals surface area (Å²) in [4.78, 5) is 10.9. The first-order valence-corrected chi connectivity index (χ1v) is 3.34. The average Bonchev–Trinajstić information content (AvgIpc) is 2.04. The predicted octanol–water partition coefficient (Wildman–Crippen LogP) is 1.14. The van der Waals surface area contributed by atoms with Gasteiger partial charge < -0.3 is 5.73 Å². The molecule has 1 aromatic rings. The second kappa shape index (κ2) is 3.21. The van der Waals surface area contributed by atoms with Crippen LogP contribution in [0.2, 0.25) is 0 Å². The van der Waals surface area contributed by atoms with Gasteiger partial charge in [-0.3, -0.25) is 4.79 Å². The van der Waals surface area contributed by atoms with Gasteiger partial charge in [-0.1, -0.05) is 12.1 Å². The molecule has 11 heavy (non-hydrogen) atoms. The highest BCUT2D eigenvalue weighted by molar-refractivity contribution is 7.47. The van der Waals surface area contributed by atoms with Crippen molar-refractivity contribution in [3.05, 3.63) is 29.8 Å². The number of nitrogens with zero attached hydrogens (tertiary/aromatic N) is 1. The standard InChI is InChI=1S/C7H6N2OS/c8-6-4-2-1-3-5(6)7(10)9-11/h1-4H,8H2. The fourth-order valence-corrected chi connectivity index (χ4v) is 0.839. The summed E-state index contributed by atoms with van der Waals surface area (Å²) < 4.78 is 3.08. The fraction of sp³-hybridized carbons (Fsp3) is 0. The molecule has 0 heterocycles. The van der Waals surface area contributed by atoms with Crippen LogP contribution in [0.3, 0.4) is 0 Å². The lowest BCUT2D eigenvalue weighted by atomic mass is 10.2. The van der Waals surface area contributed by atoms with Gasteiger partial charge in [-0.25, -0.2) is 0 Å². The van der Waals surface area contributed by atoms with Crippen molar-refractivity contribution in [3.8, 4) is 0 Å². The number of anilines is 1. The zero-order valence-electron chi connectivity index (χ0n) is 5.65. The number of amides is 1. The summed E-state index contributed by atoms with van der Waals surface area (Å²) in [6, 6.07) is 6.68. The van der Waals surface area contributed by atoms with Crippen molar-refractivity contribution in [1.29, 1.82) is 0 Å². The van der Waals surface area contributed by atoms with E-state index in [4.69, 9.17) is 5.73 Å². The van der Waals surface area contributed by atoms with Crippen molar-refractivity contribution in [2.24, 2.45) is 4.36 Å². The van der Waals surface area contributed by atoms with Crippen LogP contribution in [0.15, 0.2) is 28.6 Å². The maximum Gasteiger partial charge on any atom is 0.290 e. The summed E-state index contributed by atoms with van der Waals surface area (Å²) in [5.74, 6) is -0.460. The number of nitrogens with two attached hydrogens (primary N) is 1. The minimum Gasteiger partial charge on any atom is -0.398 e. The van der Waals surface area contributed by atoms with Gasteiger partial charge >= 0.3 is 0 Å². The van der Waals surface area contributed by atoms with E-state index in [-0.39, 0.29) is 0 Å². The molecule has 2 N–H and O–H groups in total. The topological polar surface area (TPSA) is 55.5 Å². The highest BCUT2D eigenvalue weighted by atomic mass is 32.1. The zero-order valence-corrected chi connectivity index (χ0v) is 6.47. The molecule has 0 saturated heterocycles. The van der Waals surface area contributed by atoms with Crippen molar-refractivity contribution < 1.29 is 4.79 Å². The summed E-state index contributed by atoms with van der Waals surface area (Å²) in [5.41, 5.74) is 6.24. The molecule has 0 saturated carbocycles. The third-order valence-corrected chi connectivity index (χ3v) is 1.44. The number of carbonyl (C=O) groups is 1. The SMILES string of the molecule is Nc1ccccc1C(=O)N=S. The van der Waals surface area contributed by atoms with E-state index in [1.54, 1.807) is 24.3 Å². The van der Waals surface area contributed by atoms with Crippen molar-refractivity contribution >= 4 is 24.0 Å². The highest BCUT2D eigenvalue weighted by Gasteiger charge is 2.05. The van der Waals surface area contributed by atoms with E-state index in [0.29, 0.717) is 11.3 Å². The molecule has 3 nitrogen and oxygen atoms in total. The number of hydrogen-bond acceptors (Lipinski definition) is 3. The van der Waals surface area contributed by atoms with Gasteiger partial charge in [0.05, 0.1) is 5.56 Å². The molecule has 0 aromatic heterocycles. The Hall–Kier alpha value is -1.29. The Bertz CT molecular complexity index is 298. The lowest BCUT2D eigenvalue weighted by Gasteiger charge is -1.96. The van der Waals surface area contributed by atoms with E-state index >= 15 is 0 Å². The van der Waals surface area contributed by atoms with Gasteiger partial charge in [-0.2, -0.15) is 0 Å². The van der Waals surface area contributed by atoms with Gasteiger partial charge in [0, 0.05) is 18.1 Å². The van der Waals surface area contributed by atoms with Gasteiger partial charge in [0.2, 0.25) is 0 Å². The average molecular weight is 166 g/mol. The fourth-order valence-electron chi connectivity index (χ4n) is 0.741. The van der Waals surface area contributed by atoms with E-state index < -0.39 is 5.91 Å². The van der Waals surface area contributed by atoms with Crippen LogP contribution in [0, 0.1) is 0 Å². The summed E-state index contributed by atoms with van der Waals surface area (Å²) in [6.45, 7) is 0. The van der Waals surface area contributed by atoms with E-state index in [2.05, 4.69) is 16.8 Å². The Morgan fingerprint density at radius 3 is 2.64 bits per heavy atom. The molecule has 1 rings (SSSR count). The van der Waals surface area contributed by atoms with Crippen molar-refractivity contribution in [2.75, 3.05) is 5.73 Å². The third kappa shape index (κ3) is 1.59. The molecule has 0 unspecified atom stereocenters. The summed E-state index contributed by atoms with van der Waals surface area (Å²) in [6.07, 6.45) is 0. The Morgan fingerprint density at radius 1 is 1.45 bits per heavy atom. The summed E-state index contributed by atoms with van der Waals surface area (Å²) in [7, 11) is 0. The monoisotopic (exact) mass is 166 g/mol. The van der Waals surface area contributed by atoms with Crippen LogP contribution in [0.5, 0.6) is 0 Å². The maximum absolute atomic E-state index is 10.9. The molecule has 1 aromatic carbocycles. The molecule has 56 valence electrons. The smallest absolute Gasteiger partial charge is 0.290 e.